The van der Waals surface area contributed by atoms with Gasteiger partial charge in [-0.05, 0) is 12.5 Å². The highest BCUT2D eigenvalue weighted by Crippen LogP contribution is 2.29. The predicted octanol–water partition coefficient (Wildman–Crippen LogP) is 3.10. The number of halogens is 4. The van der Waals surface area contributed by atoms with Crippen LogP contribution in [0.15, 0.2) is 23.3 Å². The Balaban J connectivity index is 0.00000784. The van der Waals surface area contributed by atoms with Gasteiger partial charge in [0.05, 0.1) is 31.9 Å². The van der Waals surface area contributed by atoms with Crippen LogP contribution in [-0.2, 0) is 15.7 Å². The van der Waals surface area contributed by atoms with E-state index in [2.05, 4.69) is 27.5 Å². The summed E-state index contributed by atoms with van der Waals surface area (Å²) in [5.74, 6) is 0.707. The summed E-state index contributed by atoms with van der Waals surface area (Å²) in [6.45, 7) is 5.75. The number of alkyl halides is 3. The van der Waals surface area contributed by atoms with Gasteiger partial charge in [0, 0.05) is 32.5 Å². The second kappa shape index (κ2) is 16.5. The van der Waals surface area contributed by atoms with Gasteiger partial charge in [-0.25, -0.2) is 4.98 Å². The molecular weight excluding hydrogens is 504 g/mol. The Morgan fingerprint density at radius 2 is 1.69 bits per heavy atom. The molecule has 0 saturated carbocycles. The van der Waals surface area contributed by atoms with Gasteiger partial charge in [0.1, 0.15) is 6.61 Å². The van der Waals surface area contributed by atoms with E-state index in [-0.39, 0.29) is 36.5 Å². The van der Waals surface area contributed by atoms with Crippen LogP contribution in [0.2, 0.25) is 0 Å². The number of hydrogen-bond acceptors (Lipinski definition) is 5. The number of rotatable bonds is 13. The molecule has 0 atom stereocenters. The minimum Gasteiger partial charge on any atom is -0.476 e. The van der Waals surface area contributed by atoms with E-state index in [1.807, 2.05) is 0 Å². The lowest BCUT2D eigenvalue weighted by atomic mass is 10.3. The molecule has 11 heteroatoms. The van der Waals surface area contributed by atoms with Crippen molar-refractivity contribution in [1.82, 2.24) is 15.6 Å². The molecule has 0 aliphatic heterocycles. The highest BCUT2D eigenvalue weighted by molar-refractivity contribution is 14.0. The third kappa shape index (κ3) is 13.5. The Bertz CT molecular complexity index is 560. The molecule has 0 aliphatic carbocycles. The molecule has 0 spiro atoms. The first-order valence-electron chi connectivity index (χ1n) is 9.23. The van der Waals surface area contributed by atoms with Crippen LogP contribution in [-0.4, -0.2) is 64.1 Å². The fraction of sp³-hybridized carbons (Fsp3) is 0.667. The fourth-order valence-electron chi connectivity index (χ4n) is 1.99. The van der Waals surface area contributed by atoms with Crippen molar-refractivity contribution < 1.29 is 27.4 Å². The second-order valence-electron chi connectivity index (χ2n) is 5.74. The van der Waals surface area contributed by atoms with Gasteiger partial charge in [0.2, 0.25) is 5.88 Å². The van der Waals surface area contributed by atoms with E-state index in [9.17, 15) is 13.2 Å². The molecule has 0 aliphatic rings. The van der Waals surface area contributed by atoms with Crippen LogP contribution in [0.1, 0.15) is 25.3 Å². The van der Waals surface area contributed by atoms with Crippen molar-refractivity contribution in [1.29, 1.82) is 0 Å². The Hall–Kier alpha value is -1.34. The van der Waals surface area contributed by atoms with Crippen molar-refractivity contribution in [3.63, 3.8) is 0 Å². The summed E-state index contributed by atoms with van der Waals surface area (Å²) in [6.07, 6.45) is -1.49. The van der Waals surface area contributed by atoms with Crippen LogP contribution in [0.5, 0.6) is 5.88 Å². The Morgan fingerprint density at radius 3 is 2.24 bits per heavy atom. The number of nitrogens with zero attached hydrogens (tertiary/aromatic N) is 2. The molecule has 0 saturated heterocycles. The molecule has 0 amide bonds. The molecule has 0 bridgehead atoms. The minimum atomic E-state index is -4.41. The SMILES string of the molecule is CCCCOCCOCCNC(=NC)NCCOc1ccc(C(F)(F)F)cn1.I. The van der Waals surface area contributed by atoms with Crippen LogP contribution in [0.4, 0.5) is 13.2 Å². The summed E-state index contributed by atoms with van der Waals surface area (Å²) >= 11 is 0. The molecule has 7 nitrogen and oxygen atoms in total. The minimum absolute atomic E-state index is 0. The molecule has 168 valence electrons. The number of aliphatic imine (C=N–C) groups is 1. The molecule has 1 aromatic rings. The molecule has 1 rings (SSSR count). The molecule has 1 aromatic heterocycles. The van der Waals surface area contributed by atoms with E-state index in [0.29, 0.717) is 38.9 Å². The van der Waals surface area contributed by atoms with Gasteiger partial charge in [-0.2, -0.15) is 13.2 Å². The molecule has 0 radical (unpaired) electrons. The molecule has 2 N–H and O–H groups in total. The van der Waals surface area contributed by atoms with E-state index in [1.54, 1.807) is 7.05 Å². The maximum Gasteiger partial charge on any atom is 0.417 e. The summed E-state index contributed by atoms with van der Waals surface area (Å²) in [5, 5.41) is 6.11. The van der Waals surface area contributed by atoms with E-state index in [0.717, 1.165) is 31.7 Å². The summed E-state index contributed by atoms with van der Waals surface area (Å²) in [7, 11) is 1.63. The highest BCUT2D eigenvalue weighted by Gasteiger charge is 2.30. The van der Waals surface area contributed by atoms with Crippen LogP contribution >= 0.6 is 24.0 Å². The quantitative estimate of drug-likeness (QED) is 0.175. The Labute approximate surface area is 186 Å². The van der Waals surface area contributed by atoms with Crippen LogP contribution in [0, 0.1) is 0 Å². The zero-order chi connectivity index (χ0) is 20.7. The van der Waals surface area contributed by atoms with Crippen molar-refractivity contribution in [2.24, 2.45) is 4.99 Å². The number of nitrogens with one attached hydrogen (secondary N) is 2. The lowest BCUT2D eigenvalue weighted by Crippen LogP contribution is -2.40. The van der Waals surface area contributed by atoms with Gasteiger partial charge < -0.3 is 24.8 Å². The number of aromatic nitrogens is 1. The van der Waals surface area contributed by atoms with Gasteiger partial charge in [0.15, 0.2) is 5.96 Å². The van der Waals surface area contributed by atoms with E-state index in [1.165, 1.54) is 6.07 Å². The van der Waals surface area contributed by atoms with Gasteiger partial charge >= 0.3 is 6.18 Å². The van der Waals surface area contributed by atoms with Crippen LogP contribution in [0.25, 0.3) is 0 Å². The summed E-state index contributed by atoms with van der Waals surface area (Å²) in [4.78, 5) is 7.70. The standard InChI is InChI=1S/C18H29F3N4O3.HI/c1-3-4-9-26-12-13-27-10-7-23-17(22-2)24-8-11-28-16-6-5-15(14-25-16)18(19,20)21;/h5-6,14H,3-4,7-13H2,1-2H3,(H2,22,23,24);1H. The van der Waals surface area contributed by atoms with E-state index < -0.39 is 11.7 Å². The monoisotopic (exact) mass is 534 g/mol. The average molecular weight is 534 g/mol. The lowest BCUT2D eigenvalue weighted by molar-refractivity contribution is -0.137. The topological polar surface area (TPSA) is 77.0 Å². The van der Waals surface area contributed by atoms with Gasteiger partial charge in [-0.3, -0.25) is 4.99 Å². The number of unbranched alkanes of at least 4 members (excludes halogenated alkanes) is 1. The first kappa shape index (κ1) is 27.7. The highest BCUT2D eigenvalue weighted by atomic mass is 127. The van der Waals surface area contributed by atoms with Gasteiger partial charge in [-0.15, -0.1) is 24.0 Å². The molecule has 0 unspecified atom stereocenters. The van der Waals surface area contributed by atoms with E-state index in [4.69, 9.17) is 14.2 Å². The Kier molecular flexibility index (Phi) is 15.7. The van der Waals surface area contributed by atoms with Crippen LogP contribution < -0.4 is 15.4 Å². The van der Waals surface area contributed by atoms with Crippen molar-refractivity contribution in [3.05, 3.63) is 23.9 Å². The number of guanidine groups is 1. The Morgan fingerprint density at radius 1 is 1.03 bits per heavy atom. The molecule has 29 heavy (non-hydrogen) atoms. The third-order valence-electron chi connectivity index (χ3n) is 3.48. The smallest absolute Gasteiger partial charge is 0.417 e. The zero-order valence-electron chi connectivity index (χ0n) is 16.8. The largest absolute Gasteiger partial charge is 0.476 e. The lowest BCUT2D eigenvalue weighted by Gasteiger charge is -2.13. The van der Waals surface area contributed by atoms with Crippen LogP contribution in [0.3, 0.4) is 0 Å². The van der Waals surface area contributed by atoms with E-state index >= 15 is 0 Å². The molecule has 1 heterocycles. The molecule has 0 fully saturated rings. The second-order valence-corrected chi connectivity index (χ2v) is 5.74. The predicted molar refractivity (Wildman–Crippen MR) is 116 cm³/mol. The number of hydrogen-bond donors (Lipinski definition) is 2. The zero-order valence-corrected chi connectivity index (χ0v) is 19.1. The molecular formula is C18H30F3IN4O3. The van der Waals surface area contributed by atoms with Crippen molar-refractivity contribution in [2.75, 3.05) is 53.2 Å². The maximum absolute atomic E-state index is 12.5. The average Bonchev–Trinajstić information content (AvgIpc) is 2.68. The fourth-order valence-corrected chi connectivity index (χ4v) is 1.99. The summed E-state index contributed by atoms with van der Waals surface area (Å²) in [5.41, 5.74) is -0.808. The van der Waals surface area contributed by atoms with Gasteiger partial charge in [0.25, 0.3) is 0 Å². The van der Waals surface area contributed by atoms with Crippen molar-refractivity contribution >= 4 is 29.9 Å². The first-order valence-corrected chi connectivity index (χ1v) is 9.23. The summed E-state index contributed by atoms with van der Waals surface area (Å²) in [6, 6.07) is 2.13. The molecule has 0 aromatic carbocycles. The maximum atomic E-state index is 12.5. The first-order chi connectivity index (χ1) is 13.5. The van der Waals surface area contributed by atoms with Crippen molar-refractivity contribution in [3.8, 4) is 5.88 Å². The number of ether oxygens (including phenoxy) is 3. The van der Waals surface area contributed by atoms with Crippen molar-refractivity contribution in [2.45, 2.75) is 25.9 Å². The normalized spacial score (nSPS) is 11.7. The number of pyridine rings is 1. The van der Waals surface area contributed by atoms with Gasteiger partial charge in [-0.1, -0.05) is 13.3 Å². The third-order valence-corrected chi connectivity index (χ3v) is 3.48. The summed E-state index contributed by atoms with van der Waals surface area (Å²) < 4.78 is 53.5.